The van der Waals surface area contributed by atoms with Gasteiger partial charge in [-0.15, -0.1) is 0 Å². The van der Waals surface area contributed by atoms with E-state index in [9.17, 15) is 8.42 Å². The molecular formula is C6H7N2O2S. The van der Waals surface area contributed by atoms with E-state index < -0.39 is 9.84 Å². The fraction of sp³-hybridized carbons (Fsp3) is 0.333. The maximum atomic E-state index is 11.1. The summed E-state index contributed by atoms with van der Waals surface area (Å²) in [5.74, 6) is 0.0698. The third-order valence-electron chi connectivity index (χ3n) is 1.24. The Labute approximate surface area is 65.2 Å². The number of aromatic nitrogens is 2. The maximum Gasteiger partial charge on any atom is 0.197 e. The highest BCUT2D eigenvalue weighted by molar-refractivity contribution is 7.91. The standard InChI is InChI=1S/C6H7N2O2S/c1-2-11(9,10)6-3-7-5-8-4-6/h3-4H,2H2,1H3. The van der Waals surface area contributed by atoms with Crippen LogP contribution in [0.1, 0.15) is 6.92 Å². The molecule has 0 saturated carbocycles. The molecule has 1 aromatic rings. The third-order valence-corrected chi connectivity index (χ3v) is 2.93. The van der Waals surface area contributed by atoms with E-state index in [2.05, 4.69) is 16.3 Å². The van der Waals surface area contributed by atoms with Crippen molar-refractivity contribution in [2.75, 3.05) is 5.75 Å². The van der Waals surface area contributed by atoms with Gasteiger partial charge in [-0.05, 0) is 0 Å². The van der Waals surface area contributed by atoms with Crippen LogP contribution in [0.25, 0.3) is 0 Å². The molecule has 4 nitrogen and oxygen atoms in total. The van der Waals surface area contributed by atoms with E-state index >= 15 is 0 Å². The van der Waals surface area contributed by atoms with Gasteiger partial charge in [0.15, 0.2) is 16.2 Å². The highest BCUT2D eigenvalue weighted by atomic mass is 32.2. The van der Waals surface area contributed by atoms with Crippen molar-refractivity contribution < 1.29 is 8.42 Å². The Morgan fingerprint density at radius 1 is 1.45 bits per heavy atom. The lowest BCUT2D eigenvalue weighted by Gasteiger charge is -1.96. The lowest BCUT2D eigenvalue weighted by molar-refractivity contribution is 0.596. The van der Waals surface area contributed by atoms with Crippen molar-refractivity contribution in [2.24, 2.45) is 0 Å². The lowest BCUT2D eigenvalue weighted by Crippen LogP contribution is -2.04. The second kappa shape index (κ2) is 2.96. The first-order valence-corrected chi connectivity index (χ1v) is 4.73. The molecule has 0 saturated heterocycles. The molecule has 0 spiro atoms. The molecule has 5 heteroatoms. The molecule has 0 unspecified atom stereocenters. The third kappa shape index (κ3) is 1.74. The van der Waals surface area contributed by atoms with Gasteiger partial charge < -0.3 is 0 Å². The Bertz CT molecular complexity index is 320. The van der Waals surface area contributed by atoms with Crippen LogP contribution in [0.15, 0.2) is 17.3 Å². The Kier molecular flexibility index (Phi) is 2.19. The first-order chi connectivity index (χ1) is 5.17. The summed E-state index contributed by atoms with van der Waals surface area (Å²) in [5, 5.41) is 0. The minimum atomic E-state index is -3.14. The number of hydrogen-bond acceptors (Lipinski definition) is 4. The van der Waals surface area contributed by atoms with Gasteiger partial charge in [0, 0.05) is 12.4 Å². The summed E-state index contributed by atoms with van der Waals surface area (Å²) in [6.45, 7) is 1.58. The summed E-state index contributed by atoms with van der Waals surface area (Å²) in [6, 6.07) is 0. The van der Waals surface area contributed by atoms with Gasteiger partial charge in [-0.2, -0.15) is 0 Å². The predicted octanol–water partition coefficient (Wildman–Crippen LogP) is 0.0704. The van der Waals surface area contributed by atoms with Gasteiger partial charge in [-0.1, -0.05) is 6.92 Å². The molecule has 1 radical (unpaired) electrons. The molecule has 0 aliphatic rings. The van der Waals surface area contributed by atoms with E-state index in [1.165, 1.54) is 12.4 Å². The molecule has 1 rings (SSSR count). The summed E-state index contributed by atoms with van der Waals surface area (Å²) >= 11 is 0. The van der Waals surface area contributed by atoms with Crippen molar-refractivity contribution in [3.8, 4) is 0 Å². The first-order valence-electron chi connectivity index (χ1n) is 3.07. The number of hydrogen-bond donors (Lipinski definition) is 0. The van der Waals surface area contributed by atoms with Gasteiger partial charge >= 0.3 is 0 Å². The summed E-state index contributed by atoms with van der Waals surface area (Å²) in [6.07, 6.45) is 4.75. The molecule has 0 aromatic carbocycles. The van der Waals surface area contributed by atoms with Crippen molar-refractivity contribution in [2.45, 2.75) is 11.8 Å². The van der Waals surface area contributed by atoms with Crippen LogP contribution in [0.4, 0.5) is 0 Å². The van der Waals surface area contributed by atoms with Crippen LogP contribution in [-0.2, 0) is 9.84 Å². The minimum absolute atomic E-state index is 0.0698. The zero-order valence-electron chi connectivity index (χ0n) is 5.98. The smallest absolute Gasteiger partial charge is 0.197 e. The largest absolute Gasteiger partial charge is 0.232 e. The molecule has 1 aromatic heterocycles. The number of sulfone groups is 1. The number of nitrogens with zero attached hydrogens (tertiary/aromatic N) is 2. The highest BCUT2D eigenvalue weighted by Gasteiger charge is 2.10. The van der Waals surface area contributed by atoms with Crippen LogP contribution in [0.5, 0.6) is 0 Å². The molecule has 59 valence electrons. The molecule has 11 heavy (non-hydrogen) atoms. The molecule has 0 amide bonds. The molecular weight excluding hydrogens is 164 g/mol. The van der Waals surface area contributed by atoms with Crippen LogP contribution in [-0.4, -0.2) is 24.1 Å². The topological polar surface area (TPSA) is 59.9 Å². The first kappa shape index (κ1) is 8.13. The van der Waals surface area contributed by atoms with Crippen LogP contribution in [0.3, 0.4) is 0 Å². The van der Waals surface area contributed by atoms with Crippen molar-refractivity contribution in [3.63, 3.8) is 0 Å². The normalized spacial score (nSPS) is 11.4. The van der Waals surface area contributed by atoms with Gasteiger partial charge in [0.05, 0.1) is 5.75 Å². The summed E-state index contributed by atoms with van der Waals surface area (Å²) in [7, 11) is -3.14. The quantitative estimate of drug-likeness (QED) is 0.631. The second-order valence-corrected chi connectivity index (χ2v) is 4.20. The van der Waals surface area contributed by atoms with Gasteiger partial charge in [-0.3, -0.25) is 0 Å². The van der Waals surface area contributed by atoms with E-state index in [0.29, 0.717) is 0 Å². The molecule has 0 aliphatic heterocycles. The van der Waals surface area contributed by atoms with E-state index in [4.69, 9.17) is 0 Å². The van der Waals surface area contributed by atoms with E-state index in [1.807, 2.05) is 0 Å². The van der Waals surface area contributed by atoms with Gasteiger partial charge in [0.1, 0.15) is 4.90 Å². The van der Waals surface area contributed by atoms with Crippen molar-refractivity contribution in [1.29, 1.82) is 0 Å². The zero-order chi connectivity index (χ0) is 8.32. The van der Waals surface area contributed by atoms with Crippen LogP contribution >= 0.6 is 0 Å². The van der Waals surface area contributed by atoms with Crippen molar-refractivity contribution in [3.05, 3.63) is 18.7 Å². The van der Waals surface area contributed by atoms with E-state index in [1.54, 1.807) is 6.92 Å². The molecule has 1 heterocycles. The lowest BCUT2D eigenvalue weighted by atomic mass is 10.7. The fourth-order valence-corrected chi connectivity index (χ4v) is 1.34. The SMILES string of the molecule is CCS(=O)(=O)c1cn[c]nc1. The van der Waals surface area contributed by atoms with E-state index in [-0.39, 0.29) is 10.6 Å². The Morgan fingerprint density at radius 2 is 2.00 bits per heavy atom. The Hall–Kier alpha value is -0.970. The van der Waals surface area contributed by atoms with Crippen molar-refractivity contribution in [1.82, 2.24) is 9.97 Å². The predicted molar refractivity (Wildman–Crippen MR) is 38.6 cm³/mol. The summed E-state index contributed by atoms with van der Waals surface area (Å²) in [4.78, 5) is 7.12. The van der Waals surface area contributed by atoms with Crippen LogP contribution < -0.4 is 0 Å². The highest BCUT2D eigenvalue weighted by Crippen LogP contribution is 2.05. The monoisotopic (exact) mass is 171 g/mol. The Morgan fingerprint density at radius 3 is 2.45 bits per heavy atom. The molecule has 0 bridgehead atoms. The van der Waals surface area contributed by atoms with Crippen LogP contribution in [0.2, 0.25) is 0 Å². The summed E-state index contributed by atoms with van der Waals surface area (Å²) in [5.41, 5.74) is 0. The van der Waals surface area contributed by atoms with Crippen LogP contribution in [0, 0.1) is 6.33 Å². The average molecular weight is 171 g/mol. The van der Waals surface area contributed by atoms with E-state index in [0.717, 1.165) is 0 Å². The second-order valence-electron chi connectivity index (χ2n) is 1.92. The molecule has 0 fully saturated rings. The minimum Gasteiger partial charge on any atom is -0.232 e. The Balaban J connectivity index is 3.14. The summed E-state index contributed by atoms with van der Waals surface area (Å²) < 4.78 is 22.2. The van der Waals surface area contributed by atoms with Gasteiger partial charge in [0.2, 0.25) is 0 Å². The molecule has 0 N–H and O–H groups in total. The molecule has 0 aliphatic carbocycles. The average Bonchev–Trinajstić information content (AvgIpc) is 2.06. The van der Waals surface area contributed by atoms with Gasteiger partial charge in [-0.25, -0.2) is 18.4 Å². The number of rotatable bonds is 2. The van der Waals surface area contributed by atoms with Crippen molar-refractivity contribution >= 4 is 9.84 Å². The maximum absolute atomic E-state index is 11.1. The fourth-order valence-electron chi connectivity index (χ4n) is 0.579. The van der Waals surface area contributed by atoms with Gasteiger partial charge in [0.25, 0.3) is 0 Å². The molecule has 0 atom stereocenters. The zero-order valence-corrected chi connectivity index (χ0v) is 6.80.